The Morgan fingerprint density at radius 3 is 2.57 bits per heavy atom. The maximum Gasteiger partial charge on any atom is 0.410 e. The van der Waals surface area contributed by atoms with E-state index < -0.39 is 12.2 Å². The topological polar surface area (TPSA) is 59.0 Å². The van der Waals surface area contributed by atoms with E-state index in [1.807, 2.05) is 72.8 Å². The van der Waals surface area contributed by atoms with E-state index in [1.165, 1.54) is 4.90 Å². The van der Waals surface area contributed by atoms with E-state index >= 15 is 0 Å². The number of piperidine rings is 1. The van der Waals surface area contributed by atoms with Crippen molar-refractivity contribution < 1.29 is 19.4 Å². The third-order valence-corrected chi connectivity index (χ3v) is 5.01. The van der Waals surface area contributed by atoms with Gasteiger partial charge >= 0.3 is 6.09 Å². The quantitative estimate of drug-likeness (QED) is 0.747. The smallest absolute Gasteiger partial charge is 0.410 e. The number of benzene rings is 3. The van der Waals surface area contributed by atoms with Crippen LogP contribution in [0, 0.1) is 0 Å². The molecule has 0 saturated carbocycles. The van der Waals surface area contributed by atoms with Crippen molar-refractivity contribution in [1.29, 1.82) is 0 Å². The summed E-state index contributed by atoms with van der Waals surface area (Å²) in [6.45, 7) is 0.908. The summed E-state index contributed by atoms with van der Waals surface area (Å²) in [7, 11) is 0. The Bertz CT molecular complexity index is 938. The summed E-state index contributed by atoms with van der Waals surface area (Å²) in [6, 6.07) is 23.4. The third kappa shape index (κ3) is 4.10. The molecule has 1 saturated heterocycles. The van der Waals surface area contributed by atoms with E-state index in [4.69, 9.17) is 9.47 Å². The molecule has 0 aromatic heterocycles. The van der Waals surface area contributed by atoms with Gasteiger partial charge in [0.2, 0.25) is 0 Å². The minimum atomic E-state index is -0.767. The van der Waals surface area contributed by atoms with E-state index in [0.29, 0.717) is 13.0 Å². The van der Waals surface area contributed by atoms with E-state index in [-0.39, 0.29) is 19.3 Å². The molecule has 4 rings (SSSR count). The lowest BCUT2D eigenvalue weighted by molar-refractivity contribution is -0.0247. The van der Waals surface area contributed by atoms with Crippen molar-refractivity contribution in [3.8, 4) is 5.75 Å². The molecule has 1 N–H and O–H groups in total. The van der Waals surface area contributed by atoms with Crippen LogP contribution in [0.25, 0.3) is 10.8 Å². The van der Waals surface area contributed by atoms with Crippen LogP contribution in [0.3, 0.4) is 0 Å². The lowest BCUT2D eigenvalue weighted by Crippen LogP contribution is -2.51. The van der Waals surface area contributed by atoms with Gasteiger partial charge in [-0.15, -0.1) is 0 Å². The van der Waals surface area contributed by atoms with Crippen molar-refractivity contribution in [1.82, 2.24) is 4.90 Å². The number of carbonyl (C=O) groups is 1. The van der Waals surface area contributed by atoms with Crippen LogP contribution in [0.15, 0.2) is 72.8 Å². The highest BCUT2D eigenvalue weighted by Gasteiger charge is 2.32. The van der Waals surface area contributed by atoms with Gasteiger partial charge in [0.25, 0.3) is 0 Å². The SMILES string of the molecule is O=C(OCc1ccccc1)N1CC[C@@H](Oc2cccc3ccccc23)[C@H](O)C1. The molecule has 3 aromatic carbocycles. The number of fused-ring (bicyclic) bond motifs is 1. The average Bonchev–Trinajstić information content (AvgIpc) is 2.74. The van der Waals surface area contributed by atoms with Crippen LogP contribution < -0.4 is 4.74 Å². The highest BCUT2D eigenvalue weighted by molar-refractivity contribution is 5.88. The van der Waals surface area contributed by atoms with Crippen LogP contribution in [0.2, 0.25) is 0 Å². The number of aliphatic hydroxyl groups excluding tert-OH is 1. The molecule has 1 aliphatic heterocycles. The molecule has 2 atom stereocenters. The number of rotatable bonds is 4. The summed E-state index contributed by atoms with van der Waals surface area (Å²) in [5.41, 5.74) is 0.936. The number of β-amino-alcohol motifs (C(OH)–C–C–N with tert-alkyl or cyclic N) is 1. The van der Waals surface area contributed by atoms with E-state index in [1.54, 1.807) is 0 Å². The maximum atomic E-state index is 12.3. The van der Waals surface area contributed by atoms with Crippen LogP contribution in [0.1, 0.15) is 12.0 Å². The Labute approximate surface area is 164 Å². The van der Waals surface area contributed by atoms with Crippen LogP contribution in [-0.2, 0) is 11.3 Å². The predicted molar refractivity (Wildman–Crippen MR) is 107 cm³/mol. The fraction of sp³-hybridized carbons (Fsp3) is 0.261. The first-order valence-electron chi connectivity index (χ1n) is 9.49. The lowest BCUT2D eigenvalue weighted by Gasteiger charge is -2.35. The van der Waals surface area contributed by atoms with Gasteiger partial charge in [-0.1, -0.05) is 66.7 Å². The van der Waals surface area contributed by atoms with Gasteiger partial charge in [0.05, 0.1) is 6.54 Å². The average molecular weight is 377 g/mol. The second kappa shape index (κ2) is 8.31. The van der Waals surface area contributed by atoms with Gasteiger partial charge in [-0.25, -0.2) is 4.79 Å². The molecule has 5 nitrogen and oxygen atoms in total. The summed E-state index contributed by atoms with van der Waals surface area (Å²) in [4.78, 5) is 13.8. The molecule has 1 aliphatic rings. The molecule has 0 aliphatic carbocycles. The van der Waals surface area contributed by atoms with Crippen molar-refractivity contribution in [2.45, 2.75) is 25.2 Å². The van der Waals surface area contributed by atoms with Gasteiger partial charge in [-0.05, 0) is 17.0 Å². The number of carbonyl (C=O) groups excluding carboxylic acids is 1. The van der Waals surface area contributed by atoms with Crippen molar-refractivity contribution in [3.05, 3.63) is 78.4 Å². The van der Waals surface area contributed by atoms with E-state index in [0.717, 1.165) is 22.1 Å². The lowest BCUT2D eigenvalue weighted by atomic mass is 10.0. The first kappa shape index (κ1) is 18.3. The van der Waals surface area contributed by atoms with Gasteiger partial charge in [0.15, 0.2) is 0 Å². The first-order valence-corrected chi connectivity index (χ1v) is 9.49. The number of nitrogens with zero attached hydrogens (tertiary/aromatic N) is 1. The number of ether oxygens (including phenoxy) is 2. The summed E-state index contributed by atoms with van der Waals surface area (Å²) in [5.74, 6) is 0.752. The molecule has 0 unspecified atom stereocenters. The van der Waals surface area contributed by atoms with Gasteiger partial charge in [0, 0.05) is 18.4 Å². The summed E-state index contributed by atoms with van der Waals surface area (Å²) < 4.78 is 11.5. The second-order valence-corrected chi connectivity index (χ2v) is 6.98. The van der Waals surface area contributed by atoms with Crippen molar-refractivity contribution >= 4 is 16.9 Å². The molecular formula is C23H23NO4. The number of amides is 1. The standard InChI is InChI=1S/C23H23NO4/c25-20-15-24(23(26)27-16-17-7-2-1-3-8-17)14-13-22(20)28-21-12-6-10-18-9-4-5-11-19(18)21/h1-12,20,22,25H,13-16H2/t20-,22-/m1/s1. The fourth-order valence-electron chi connectivity index (χ4n) is 3.49. The molecule has 144 valence electrons. The molecule has 1 heterocycles. The highest BCUT2D eigenvalue weighted by atomic mass is 16.6. The minimum absolute atomic E-state index is 0.197. The van der Waals surface area contributed by atoms with Crippen LogP contribution in [0.5, 0.6) is 5.75 Å². The molecule has 1 fully saturated rings. The largest absolute Gasteiger partial charge is 0.487 e. The van der Waals surface area contributed by atoms with Crippen LogP contribution in [0.4, 0.5) is 4.79 Å². The molecule has 1 amide bonds. The molecule has 5 heteroatoms. The van der Waals surface area contributed by atoms with Crippen LogP contribution in [-0.4, -0.2) is 41.4 Å². The molecular weight excluding hydrogens is 354 g/mol. The number of aliphatic hydroxyl groups is 1. The van der Waals surface area contributed by atoms with Crippen molar-refractivity contribution in [2.24, 2.45) is 0 Å². The monoisotopic (exact) mass is 377 g/mol. The zero-order valence-electron chi connectivity index (χ0n) is 15.5. The van der Waals surface area contributed by atoms with E-state index in [9.17, 15) is 9.90 Å². The Morgan fingerprint density at radius 1 is 1.00 bits per heavy atom. The van der Waals surface area contributed by atoms with Gasteiger partial charge < -0.3 is 19.5 Å². The fourth-order valence-corrected chi connectivity index (χ4v) is 3.49. The maximum absolute atomic E-state index is 12.3. The molecule has 3 aromatic rings. The predicted octanol–water partition coefficient (Wildman–Crippen LogP) is 3.99. The summed E-state index contributed by atoms with van der Waals surface area (Å²) in [5, 5.41) is 12.6. The molecule has 0 spiro atoms. The van der Waals surface area contributed by atoms with Gasteiger partial charge in [0.1, 0.15) is 24.6 Å². The van der Waals surface area contributed by atoms with Gasteiger partial charge in [-0.3, -0.25) is 0 Å². The van der Waals surface area contributed by atoms with Gasteiger partial charge in [-0.2, -0.15) is 0 Å². The number of hydrogen-bond acceptors (Lipinski definition) is 4. The first-order chi connectivity index (χ1) is 13.7. The Kier molecular flexibility index (Phi) is 5.44. The van der Waals surface area contributed by atoms with Crippen LogP contribution >= 0.6 is 0 Å². The molecule has 28 heavy (non-hydrogen) atoms. The number of likely N-dealkylation sites (tertiary alicyclic amines) is 1. The zero-order chi connectivity index (χ0) is 19.3. The van der Waals surface area contributed by atoms with E-state index in [2.05, 4.69) is 0 Å². The zero-order valence-corrected chi connectivity index (χ0v) is 15.5. The Balaban J connectivity index is 1.35. The Morgan fingerprint density at radius 2 is 1.75 bits per heavy atom. The second-order valence-electron chi connectivity index (χ2n) is 6.98. The molecule has 0 radical (unpaired) electrons. The summed E-state index contributed by atoms with van der Waals surface area (Å²) in [6.07, 6.45) is -0.988. The molecule has 0 bridgehead atoms. The van der Waals surface area contributed by atoms with Crippen molar-refractivity contribution in [2.75, 3.05) is 13.1 Å². The van der Waals surface area contributed by atoms with Crippen molar-refractivity contribution in [3.63, 3.8) is 0 Å². The normalized spacial score (nSPS) is 19.4. The number of hydrogen-bond donors (Lipinski definition) is 1. The summed E-state index contributed by atoms with van der Waals surface area (Å²) >= 11 is 0. The Hall–Kier alpha value is -3.05. The third-order valence-electron chi connectivity index (χ3n) is 5.01. The highest BCUT2D eigenvalue weighted by Crippen LogP contribution is 2.28. The minimum Gasteiger partial charge on any atom is -0.487 e.